The van der Waals surface area contributed by atoms with Crippen LogP contribution in [0.1, 0.15) is 31.5 Å². The minimum Gasteiger partial charge on any atom is -0.383 e. The van der Waals surface area contributed by atoms with Gasteiger partial charge in [-0.05, 0) is 30.9 Å². The fourth-order valence-corrected chi connectivity index (χ4v) is 3.35. The molecule has 0 bridgehead atoms. The van der Waals surface area contributed by atoms with Crippen molar-refractivity contribution < 1.29 is 9.90 Å². The van der Waals surface area contributed by atoms with Crippen LogP contribution in [-0.4, -0.2) is 57.6 Å². The molecule has 1 amide bonds. The zero-order valence-corrected chi connectivity index (χ0v) is 16.4. The maximum Gasteiger partial charge on any atom is 0.251 e. The Hall–Kier alpha value is -2.54. The second kappa shape index (κ2) is 8.00. The van der Waals surface area contributed by atoms with Crippen LogP contribution in [0.4, 0.5) is 5.82 Å². The number of carbonyl (C=O) groups excluding carboxylic acids is 1. The van der Waals surface area contributed by atoms with Crippen LogP contribution in [0.15, 0.2) is 24.5 Å². The first-order valence-corrected chi connectivity index (χ1v) is 9.31. The predicted octanol–water partition coefficient (Wildman–Crippen LogP) is 1.90. The van der Waals surface area contributed by atoms with Crippen molar-refractivity contribution in [3.05, 3.63) is 35.8 Å². The summed E-state index contributed by atoms with van der Waals surface area (Å²) in [5.74, 6) is 1.51. The molecule has 1 aliphatic heterocycles. The van der Waals surface area contributed by atoms with Gasteiger partial charge in [-0.15, -0.1) is 0 Å². The molecule has 0 radical (unpaired) electrons. The summed E-state index contributed by atoms with van der Waals surface area (Å²) in [6.45, 7) is 4.95. The van der Waals surface area contributed by atoms with Gasteiger partial charge in [0.05, 0.1) is 12.2 Å². The lowest BCUT2D eigenvalue weighted by molar-refractivity contribution is -0.142. The van der Waals surface area contributed by atoms with Crippen molar-refractivity contribution in [1.29, 1.82) is 0 Å². The molecule has 1 atom stereocenters. The number of nitrogens with zero attached hydrogens (tertiary/aromatic N) is 5. The van der Waals surface area contributed by atoms with Crippen molar-refractivity contribution in [3.63, 3.8) is 0 Å². The third-order valence-electron chi connectivity index (χ3n) is 4.68. The fraction of sp³-hybridized carbons (Fsp3) is 0.500. The van der Waals surface area contributed by atoms with Gasteiger partial charge in [0.1, 0.15) is 11.9 Å². The first-order valence-electron chi connectivity index (χ1n) is 9.31. The van der Waals surface area contributed by atoms with E-state index in [1.165, 1.54) is 0 Å². The van der Waals surface area contributed by atoms with Gasteiger partial charge in [0, 0.05) is 44.2 Å². The molecule has 27 heavy (non-hydrogen) atoms. The van der Waals surface area contributed by atoms with E-state index in [-0.39, 0.29) is 11.8 Å². The van der Waals surface area contributed by atoms with Crippen LogP contribution in [-0.2, 0) is 17.8 Å². The summed E-state index contributed by atoms with van der Waals surface area (Å²) in [6.07, 6.45) is 3.64. The molecule has 0 aromatic carbocycles. The first-order chi connectivity index (χ1) is 12.9. The number of amides is 1. The highest BCUT2D eigenvalue weighted by molar-refractivity contribution is 5.81. The van der Waals surface area contributed by atoms with E-state index >= 15 is 0 Å². The molecular weight excluding hydrogens is 342 g/mol. The average Bonchev–Trinajstić information content (AvgIpc) is 2.66. The van der Waals surface area contributed by atoms with Gasteiger partial charge in [0.15, 0.2) is 5.82 Å². The van der Waals surface area contributed by atoms with E-state index in [2.05, 4.69) is 4.98 Å². The monoisotopic (exact) mass is 369 g/mol. The molecule has 2 aromatic rings. The fourth-order valence-electron chi connectivity index (χ4n) is 3.35. The normalized spacial score (nSPS) is 14.8. The quantitative estimate of drug-likeness (QED) is 0.867. The van der Waals surface area contributed by atoms with E-state index in [0.717, 1.165) is 22.6 Å². The van der Waals surface area contributed by atoms with Gasteiger partial charge in [-0.3, -0.25) is 9.78 Å². The Balaban J connectivity index is 1.92. The van der Waals surface area contributed by atoms with E-state index in [1.54, 1.807) is 17.3 Å². The molecule has 0 saturated carbocycles. The minimum atomic E-state index is -0.959. The minimum absolute atomic E-state index is 0.220. The summed E-state index contributed by atoms with van der Waals surface area (Å²) in [5, 5.41) is 10.2. The van der Waals surface area contributed by atoms with Gasteiger partial charge in [0.2, 0.25) is 0 Å². The topological polar surface area (TPSA) is 82.4 Å². The first kappa shape index (κ1) is 19.2. The molecule has 3 rings (SSSR count). The molecule has 0 saturated heterocycles. The average molecular weight is 369 g/mol. The predicted molar refractivity (Wildman–Crippen MR) is 104 cm³/mol. The molecule has 2 aromatic heterocycles. The molecule has 0 spiro atoms. The number of aliphatic hydroxyl groups is 1. The van der Waals surface area contributed by atoms with Crippen LogP contribution >= 0.6 is 0 Å². The van der Waals surface area contributed by atoms with E-state index in [0.29, 0.717) is 31.8 Å². The lowest BCUT2D eigenvalue weighted by atomic mass is 10.0. The summed E-state index contributed by atoms with van der Waals surface area (Å²) in [5.41, 5.74) is 2.74. The van der Waals surface area contributed by atoms with E-state index < -0.39 is 6.10 Å². The van der Waals surface area contributed by atoms with Crippen molar-refractivity contribution in [2.24, 2.45) is 5.92 Å². The third kappa shape index (κ3) is 4.24. The van der Waals surface area contributed by atoms with Gasteiger partial charge >= 0.3 is 0 Å². The number of aliphatic hydroxyl groups excluding tert-OH is 1. The van der Waals surface area contributed by atoms with Crippen LogP contribution in [0.5, 0.6) is 0 Å². The Morgan fingerprint density at radius 1 is 1.33 bits per heavy atom. The van der Waals surface area contributed by atoms with Crippen LogP contribution in [0.25, 0.3) is 11.4 Å². The summed E-state index contributed by atoms with van der Waals surface area (Å²) in [4.78, 5) is 29.9. The molecular formula is C20H27N5O2. The highest BCUT2D eigenvalue weighted by Crippen LogP contribution is 2.28. The Labute approximate surface area is 160 Å². The summed E-state index contributed by atoms with van der Waals surface area (Å²) < 4.78 is 0. The number of fused-ring (bicyclic) bond motifs is 1. The lowest BCUT2D eigenvalue weighted by Crippen LogP contribution is -2.43. The van der Waals surface area contributed by atoms with Crippen LogP contribution in [0.2, 0.25) is 0 Å². The molecule has 144 valence electrons. The van der Waals surface area contributed by atoms with E-state index in [9.17, 15) is 9.90 Å². The number of hydrogen-bond donors (Lipinski definition) is 1. The second-order valence-corrected chi connectivity index (χ2v) is 7.59. The highest BCUT2D eigenvalue weighted by atomic mass is 16.3. The molecule has 0 fully saturated rings. The zero-order chi connectivity index (χ0) is 19.6. The molecule has 0 aliphatic carbocycles. The molecule has 1 N–H and O–H groups in total. The Morgan fingerprint density at radius 2 is 2.11 bits per heavy atom. The van der Waals surface area contributed by atoms with Crippen molar-refractivity contribution >= 4 is 11.7 Å². The largest absolute Gasteiger partial charge is 0.383 e. The lowest BCUT2D eigenvalue weighted by Gasteiger charge is -2.32. The van der Waals surface area contributed by atoms with Crippen LogP contribution < -0.4 is 4.90 Å². The van der Waals surface area contributed by atoms with Crippen molar-refractivity contribution in [2.45, 2.75) is 39.3 Å². The Bertz CT molecular complexity index is 808. The summed E-state index contributed by atoms with van der Waals surface area (Å²) in [7, 11) is 3.92. The highest BCUT2D eigenvalue weighted by Gasteiger charge is 2.29. The number of aromatic nitrogens is 3. The third-order valence-corrected chi connectivity index (χ3v) is 4.68. The standard InChI is InChI=1S/C20H27N5O2/c1-13(2)10-17(26)20(27)25-9-7-15-16(12-25)22-18(23-19(15)24(3)4)14-6-5-8-21-11-14/h5-6,8,11,13,17,26H,7,9-10,12H2,1-4H3. The van der Waals surface area contributed by atoms with Gasteiger partial charge in [-0.2, -0.15) is 0 Å². The Kier molecular flexibility index (Phi) is 5.70. The Morgan fingerprint density at radius 3 is 2.74 bits per heavy atom. The van der Waals surface area contributed by atoms with E-state index in [1.807, 2.05) is 45.0 Å². The number of anilines is 1. The molecule has 7 nitrogen and oxygen atoms in total. The van der Waals surface area contributed by atoms with Crippen molar-refractivity contribution in [2.75, 3.05) is 25.5 Å². The van der Waals surface area contributed by atoms with E-state index in [4.69, 9.17) is 9.97 Å². The van der Waals surface area contributed by atoms with Crippen LogP contribution in [0, 0.1) is 5.92 Å². The maximum atomic E-state index is 12.6. The smallest absolute Gasteiger partial charge is 0.251 e. The molecule has 3 heterocycles. The van der Waals surface area contributed by atoms with Gasteiger partial charge < -0.3 is 14.9 Å². The molecule has 7 heteroatoms. The van der Waals surface area contributed by atoms with Crippen molar-refractivity contribution in [1.82, 2.24) is 19.9 Å². The number of pyridine rings is 1. The SMILES string of the molecule is CC(C)CC(O)C(=O)N1CCc2c(nc(-c3cccnc3)nc2N(C)C)C1. The maximum absolute atomic E-state index is 12.6. The number of carbonyl (C=O) groups is 1. The van der Waals surface area contributed by atoms with Crippen LogP contribution in [0.3, 0.4) is 0 Å². The van der Waals surface area contributed by atoms with Gasteiger partial charge in [-0.25, -0.2) is 9.97 Å². The number of rotatable bonds is 5. The number of hydrogen-bond acceptors (Lipinski definition) is 6. The van der Waals surface area contributed by atoms with Gasteiger partial charge in [0.25, 0.3) is 5.91 Å². The summed E-state index contributed by atoms with van der Waals surface area (Å²) >= 11 is 0. The van der Waals surface area contributed by atoms with Gasteiger partial charge in [-0.1, -0.05) is 13.8 Å². The summed E-state index contributed by atoms with van der Waals surface area (Å²) in [6, 6.07) is 3.78. The zero-order valence-electron chi connectivity index (χ0n) is 16.4. The molecule has 1 aliphatic rings. The second-order valence-electron chi connectivity index (χ2n) is 7.59. The molecule has 1 unspecified atom stereocenters. The van der Waals surface area contributed by atoms with Crippen molar-refractivity contribution in [3.8, 4) is 11.4 Å².